The van der Waals surface area contributed by atoms with Crippen molar-refractivity contribution < 1.29 is 19.6 Å². The number of ether oxygens (including phenoxy) is 1. The van der Waals surface area contributed by atoms with Gasteiger partial charge in [-0.15, -0.1) is 0 Å². The summed E-state index contributed by atoms with van der Waals surface area (Å²) in [5, 5.41) is 19.9. The number of carboxylic acids is 1. The Kier molecular flexibility index (Phi) is 3.65. The van der Waals surface area contributed by atoms with Gasteiger partial charge in [-0.05, 0) is 11.6 Å². The normalized spacial score (nSPS) is 10.1. The number of para-hydroxylation sites is 1. The lowest BCUT2D eigenvalue weighted by Crippen LogP contribution is -2.01. The van der Waals surface area contributed by atoms with E-state index in [2.05, 4.69) is 0 Å². The van der Waals surface area contributed by atoms with Crippen molar-refractivity contribution in [3.63, 3.8) is 0 Å². The lowest BCUT2D eigenvalue weighted by molar-refractivity contribution is -0.384. The molecule has 2 aromatic rings. The molecule has 0 radical (unpaired) electrons. The van der Waals surface area contributed by atoms with Crippen LogP contribution in [0.2, 0.25) is 0 Å². The molecule has 0 aromatic heterocycles. The summed E-state index contributed by atoms with van der Waals surface area (Å²) in [6.07, 6.45) is 0. The molecule has 6 nitrogen and oxygen atoms in total. The molecule has 6 heteroatoms. The maximum absolute atomic E-state index is 11.2. The van der Waals surface area contributed by atoms with Crippen LogP contribution < -0.4 is 4.74 Å². The smallest absolute Gasteiger partial charge is 0.339 e. The van der Waals surface area contributed by atoms with Gasteiger partial charge < -0.3 is 9.84 Å². The van der Waals surface area contributed by atoms with E-state index < -0.39 is 10.9 Å². The van der Waals surface area contributed by atoms with Gasteiger partial charge in [0.25, 0.3) is 5.69 Å². The number of nitro groups is 1. The number of nitrogens with zero attached hydrogens (tertiary/aromatic N) is 1. The molecule has 0 fully saturated rings. The number of non-ortho nitro benzene ring substituents is 1. The van der Waals surface area contributed by atoms with Gasteiger partial charge in [0.15, 0.2) is 0 Å². The second-order valence-electron chi connectivity index (χ2n) is 4.00. The van der Waals surface area contributed by atoms with E-state index in [-0.39, 0.29) is 17.0 Å². The van der Waals surface area contributed by atoms with E-state index in [9.17, 15) is 14.9 Å². The first-order valence-electron chi connectivity index (χ1n) is 5.69. The molecule has 2 rings (SSSR count). The highest BCUT2D eigenvalue weighted by Crippen LogP contribution is 2.34. The van der Waals surface area contributed by atoms with Crippen LogP contribution in [0.4, 0.5) is 5.69 Å². The zero-order valence-corrected chi connectivity index (χ0v) is 10.6. The second-order valence-corrected chi connectivity index (χ2v) is 4.00. The molecule has 0 spiro atoms. The van der Waals surface area contributed by atoms with Crippen molar-refractivity contribution in [3.8, 4) is 16.9 Å². The maximum Gasteiger partial charge on any atom is 0.339 e. The van der Waals surface area contributed by atoms with Crippen LogP contribution in [0.1, 0.15) is 10.4 Å². The Morgan fingerprint density at radius 3 is 2.55 bits per heavy atom. The number of methoxy groups -OCH3 is 1. The predicted molar refractivity (Wildman–Crippen MR) is 72.0 cm³/mol. The maximum atomic E-state index is 11.2. The van der Waals surface area contributed by atoms with Crippen LogP contribution >= 0.6 is 0 Å². The molecule has 20 heavy (non-hydrogen) atoms. The summed E-state index contributed by atoms with van der Waals surface area (Å²) in [4.78, 5) is 21.4. The number of benzene rings is 2. The summed E-state index contributed by atoms with van der Waals surface area (Å²) in [7, 11) is 1.36. The van der Waals surface area contributed by atoms with Crippen LogP contribution in [0.25, 0.3) is 11.1 Å². The molecule has 0 bridgehead atoms. The molecule has 0 unspecified atom stereocenters. The predicted octanol–water partition coefficient (Wildman–Crippen LogP) is 2.97. The zero-order chi connectivity index (χ0) is 14.7. The quantitative estimate of drug-likeness (QED) is 0.683. The number of hydrogen-bond acceptors (Lipinski definition) is 4. The lowest BCUT2D eigenvalue weighted by atomic mass is 10.0. The number of carboxylic acid groups (broad SMARTS) is 1. The Morgan fingerprint density at radius 1 is 1.25 bits per heavy atom. The largest absolute Gasteiger partial charge is 0.495 e. The van der Waals surface area contributed by atoms with Crippen molar-refractivity contribution in [3.05, 3.63) is 58.1 Å². The third kappa shape index (κ3) is 2.44. The molecule has 0 heterocycles. The van der Waals surface area contributed by atoms with Gasteiger partial charge in [-0.25, -0.2) is 4.79 Å². The summed E-state index contributed by atoms with van der Waals surface area (Å²) >= 11 is 0. The molecule has 0 amide bonds. The van der Waals surface area contributed by atoms with Crippen LogP contribution in [0.15, 0.2) is 42.5 Å². The molecular weight excluding hydrogens is 262 g/mol. The Labute approximate surface area is 114 Å². The van der Waals surface area contributed by atoms with E-state index in [0.29, 0.717) is 11.1 Å². The third-order valence-corrected chi connectivity index (χ3v) is 2.82. The van der Waals surface area contributed by atoms with Crippen LogP contribution in [0, 0.1) is 10.1 Å². The summed E-state index contributed by atoms with van der Waals surface area (Å²) in [5.41, 5.74) is 0.969. The minimum absolute atomic E-state index is 0.0107. The molecule has 0 atom stereocenters. The summed E-state index contributed by atoms with van der Waals surface area (Å²) in [6.45, 7) is 0. The molecule has 0 aliphatic heterocycles. The summed E-state index contributed by atoms with van der Waals surface area (Å²) in [6, 6.07) is 10.6. The fraction of sp³-hybridized carbons (Fsp3) is 0.0714. The number of rotatable bonds is 4. The first-order valence-corrected chi connectivity index (χ1v) is 5.69. The Hall–Kier alpha value is -2.89. The molecule has 102 valence electrons. The van der Waals surface area contributed by atoms with Crippen molar-refractivity contribution in [2.75, 3.05) is 7.11 Å². The van der Waals surface area contributed by atoms with Gasteiger partial charge in [-0.3, -0.25) is 10.1 Å². The Morgan fingerprint density at radius 2 is 1.95 bits per heavy atom. The van der Waals surface area contributed by atoms with Gasteiger partial charge in [0.05, 0.1) is 12.0 Å². The van der Waals surface area contributed by atoms with Crippen LogP contribution in [0.3, 0.4) is 0 Å². The van der Waals surface area contributed by atoms with Gasteiger partial charge in [0.1, 0.15) is 11.3 Å². The van der Waals surface area contributed by atoms with Gasteiger partial charge in [-0.1, -0.05) is 24.3 Å². The van der Waals surface area contributed by atoms with Crippen LogP contribution in [-0.2, 0) is 0 Å². The number of hydrogen-bond donors (Lipinski definition) is 1. The van der Waals surface area contributed by atoms with Crippen molar-refractivity contribution >= 4 is 11.7 Å². The van der Waals surface area contributed by atoms with E-state index >= 15 is 0 Å². The molecule has 0 saturated carbocycles. The molecular formula is C14H11NO5. The molecule has 0 aliphatic carbocycles. The highest BCUT2D eigenvalue weighted by atomic mass is 16.6. The lowest BCUT2D eigenvalue weighted by Gasteiger charge is -2.11. The van der Waals surface area contributed by atoms with Crippen molar-refractivity contribution in [1.82, 2.24) is 0 Å². The minimum Gasteiger partial charge on any atom is -0.495 e. The minimum atomic E-state index is -1.12. The first-order chi connectivity index (χ1) is 9.54. The van der Waals surface area contributed by atoms with E-state index in [4.69, 9.17) is 9.84 Å². The number of aromatic carboxylic acids is 1. The monoisotopic (exact) mass is 273 g/mol. The zero-order valence-electron chi connectivity index (χ0n) is 10.6. The van der Waals surface area contributed by atoms with E-state index in [1.165, 1.54) is 25.3 Å². The number of nitro benzene ring substituents is 1. The van der Waals surface area contributed by atoms with Crippen molar-refractivity contribution in [1.29, 1.82) is 0 Å². The van der Waals surface area contributed by atoms with Gasteiger partial charge in [0, 0.05) is 17.7 Å². The van der Waals surface area contributed by atoms with E-state index in [1.54, 1.807) is 24.3 Å². The van der Waals surface area contributed by atoms with E-state index in [1.807, 2.05) is 0 Å². The fourth-order valence-electron chi connectivity index (χ4n) is 1.94. The average molecular weight is 273 g/mol. The third-order valence-electron chi connectivity index (χ3n) is 2.82. The summed E-state index contributed by atoms with van der Waals surface area (Å²) < 4.78 is 5.14. The SMILES string of the molecule is COc1c(C(=O)O)cccc1-c1cccc([N+](=O)[O-])c1. The Bertz CT molecular complexity index is 681. The van der Waals surface area contributed by atoms with Crippen molar-refractivity contribution in [2.24, 2.45) is 0 Å². The molecule has 0 aliphatic rings. The second kappa shape index (κ2) is 5.40. The highest BCUT2D eigenvalue weighted by molar-refractivity contribution is 5.94. The standard InChI is InChI=1S/C14H11NO5/c1-20-13-11(6-3-7-12(13)14(16)17)9-4-2-5-10(8-9)15(18)19/h2-8H,1H3,(H,16,17). The fourth-order valence-corrected chi connectivity index (χ4v) is 1.94. The molecule has 1 N–H and O–H groups in total. The van der Waals surface area contributed by atoms with Crippen molar-refractivity contribution in [2.45, 2.75) is 0 Å². The highest BCUT2D eigenvalue weighted by Gasteiger charge is 2.17. The Balaban J connectivity index is 2.63. The van der Waals surface area contributed by atoms with Crippen LogP contribution in [-0.4, -0.2) is 23.1 Å². The van der Waals surface area contributed by atoms with Gasteiger partial charge >= 0.3 is 5.97 Å². The van der Waals surface area contributed by atoms with Gasteiger partial charge in [0.2, 0.25) is 0 Å². The molecule has 0 saturated heterocycles. The van der Waals surface area contributed by atoms with Crippen LogP contribution in [0.5, 0.6) is 5.75 Å². The number of carbonyl (C=O) groups is 1. The van der Waals surface area contributed by atoms with E-state index in [0.717, 1.165) is 0 Å². The summed E-state index contributed by atoms with van der Waals surface area (Å²) in [5.74, 6) is -0.936. The molecule has 2 aromatic carbocycles. The average Bonchev–Trinajstić information content (AvgIpc) is 2.46. The topological polar surface area (TPSA) is 89.7 Å². The van der Waals surface area contributed by atoms with Gasteiger partial charge in [-0.2, -0.15) is 0 Å². The first kappa shape index (κ1) is 13.5.